The largest absolute Gasteiger partial charge is 0.454 e. The number of benzene rings is 8. The van der Waals surface area contributed by atoms with Gasteiger partial charge in [-0.15, -0.1) is 0 Å². The standard InChI is InChI=1S/C49H32N2O2/c1-3-11-33(12-4-1)35-23-27-39(28-24-35)51(40-29-25-36(26-30-40)34-13-5-2-6-14-34)47-41(31-32-43-42-15-7-9-17-45(42)52-48(43)47)37-19-21-38(22-20-37)49-50-44-16-8-10-18-46(44)53-49/h1-32H. The molecule has 0 saturated carbocycles. The van der Waals surface area contributed by atoms with Crippen molar-refractivity contribution in [2.24, 2.45) is 0 Å². The van der Waals surface area contributed by atoms with Crippen LogP contribution >= 0.6 is 0 Å². The van der Waals surface area contributed by atoms with Crippen LogP contribution in [0.2, 0.25) is 0 Å². The summed E-state index contributed by atoms with van der Waals surface area (Å²) in [5.74, 6) is 0.601. The summed E-state index contributed by atoms with van der Waals surface area (Å²) in [4.78, 5) is 7.08. The highest BCUT2D eigenvalue weighted by atomic mass is 16.3. The first kappa shape index (κ1) is 30.6. The average molecular weight is 681 g/mol. The van der Waals surface area contributed by atoms with E-state index in [2.05, 4.69) is 150 Å². The van der Waals surface area contributed by atoms with Crippen molar-refractivity contribution in [1.82, 2.24) is 4.98 Å². The molecule has 0 aliphatic rings. The van der Waals surface area contributed by atoms with Crippen molar-refractivity contribution in [3.8, 4) is 44.8 Å². The van der Waals surface area contributed by atoms with Crippen LogP contribution in [0.15, 0.2) is 203 Å². The van der Waals surface area contributed by atoms with Crippen molar-refractivity contribution in [3.63, 3.8) is 0 Å². The van der Waals surface area contributed by atoms with E-state index >= 15 is 0 Å². The van der Waals surface area contributed by atoms with Gasteiger partial charge in [0.25, 0.3) is 0 Å². The molecule has 4 nitrogen and oxygen atoms in total. The van der Waals surface area contributed by atoms with E-state index in [1.54, 1.807) is 0 Å². The molecule has 10 rings (SSSR count). The van der Waals surface area contributed by atoms with Gasteiger partial charge in [-0.05, 0) is 88.5 Å². The maximum atomic E-state index is 6.82. The summed E-state index contributed by atoms with van der Waals surface area (Å²) in [5, 5.41) is 2.15. The molecule has 0 aliphatic carbocycles. The van der Waals surface area contributed by atoms with Gasteiger partial charge >= 0.3 is 0 Å². The molecule has 0 fully saturated rings. The Labute approximate surface area is 306 Å². The van der Waals surface area contributed by atoms with E-state index in [1.165, 1.54) is 11.1 Å². The summed E-state index contributed by atoms with van der Waals surface area (Å²) in [6.45, 7) is 0. The van der Waals surface area contributed by atoms with E-state index in [0.29, 0.717) is 5.89 Å². The summed E-state index contributed by atoms with van der Waals surface area (Å²) in [6.07, 6.45) is 0. The van der Waals surface area contributed by atoms with Gasteiger partial charge in [-0.2, -0.15) is 0 Å². The zero-order valence-electron chi connectivity index (χ0n) is 28.7. The summed E-state index contributed by atoms with van der Waals surface area (Å²) >= 11 is 0. The molecule has 0 radical (unpaired) electrons. The Kier molecular flexibility index (Phi) is 7.43. The SMILES string of the molecule is c1ccc(-c2ccc(N(c3ccc(-c4ccccc4)cc3)c3c(-c4ccc(-c5nc6ccccc6o5)cc4)ccc4c3oc3ccccc34)cc2)cc1. The van der Waals surface area contributed by atoms with Crippen LogP contribution in [0.5, 0.6) is 0 Å². The predicted molar refractivity (Wildman–Crippen MR) is 218 cm³/mol. The van der Waals surface area contributed by atoms with E-state index in [1.807, 2.05) is 48.5 Å². The monoisotopic (exact) mass is 680 g/mol. The van der Waals surface area contributed by atoms with Gasteiger partial charge in [0.05, 0.1) is 5.69 Å². The number of furan rings is 1. The van der Waals surface area contributed by atoms with Crippen LogP contribution in [0.3, 0.4) is 0 Å². The minimum absolute atomic E-state index is 0.601. The van der Waals surface area contributed by atoms with E-state index in [9.17, 15) is 0 Å². The molecule has 0 atom stereocenters. The molecular formula is C49H32N2O2. The molecule has 0 bridgehead atoms. The molecule has 4 heteroatoms. The number of hydrogen-bond acceptors (Lipinski definition) is 4. The first-order chi connectivity index (χ1) is 26.3. The minimum Gasteiger partial charge on any atom is -0.454 e. The maximum absolute atomic E-state index is 6.82. The van der Waals surface area contributed by atoms with Crippen molar-refractivity contribution >= 4 is 50.1 Å². The molecule has 0 amide bonds. The zero-order valence-corrected chi connectivity index (χ0v) is 28.7. The molecule has 0 unspecified atom stereocenters. The van der Waals surface area contributed by atoms with Crippen LogP contribution < -0.4 is 4.90 Å². The van der Waals surface area contributed by atoms with Gasteiger partial charge in [0.1, 0.15) is 11.1 Å². The molecule has 0 saturated heterocycles. The quantitative estimate of drug-likeness (QED) is 0.168. The minimum atomic E-state index is 0.601. The third kappa shape index (κ3) is 5.54. The van der Waals surface area contributed by atoms with Crippen LogP contribution in [0.25, 0.3) is 77.9 Å². The van der Waals surface area contributed by atoms with Crippen molar-refractivity contribution in [1.29, 1.82) is 0 Å². The van der Waals surface area contributed by atoms with E-state index in [0.717, 1.165) is 77.9 Å². The number of anilines is 3. The van der Waals surface area contributed by atoms with Gasteiger partial charge < -0.3 is 13.7 Å². The zero-order chi connectivity index (χ0) is 35.1. The van der Waals surface area contributed by atoms with Crippen molar-refractivity contribution < 1.29 is 8.83 Å². The second kappa shape index (κ2) is 12.9. The van der Waals surface area contributed by atoms with Crippen molar-refractivity contribution in [2.45, 2.75) is 0 Å². The number of rotatable bonds is 7. The summed E-state index contributed by atoms with van der Waals surface area (Å²) in [5.41, 5.74) is 14.0. The van der Waals surface area contributed by atoms with Crippen LogP contribution in [0.4, 0.5) is 17.1 Å². The van der Waals surface area contributed by atoms with Crippen molar-refractivity contribution in [2.75, 3.05) is 4.90 Å². The maximum Gasteiger partial charge on any atom is 0.227 e. The Balaban J connectivity index is 1.17. The molecule has 0 spiro atoms. The Bertz CT molecular complexity index is 2740. The first-order valence-corrected chi connectivity index (χ1v) is 17.8. The van der Waals surface area contributed by atoms with E-state index < -0.39 is 0 Å². The molecular weight excluding hydrogens is 649 g/mol. The second-order valence-corrected chi connectivity index (χ2v) is 13.2. The fourth-order valence-corrected chi connectivity index (χ4v) is 7.29. The Hall–Kier alpha value is -7.17. The molecule has 0 N–H and O–H groups in total. The number of oxazole rings is 1. The topological polar surface area (TPSA) is 42.4 Å². The van der Waals surface area contributed by atoms with Gasteiger partial charge in [-0.25, -0.2) is 4.98 Å². The van der Waals surface area contributed by atoms with Gasteiger partial charge in [-0.1, -0.05) is 133 Å². The normalized spacial score (nSPS) is 11.4. The van der Waals surface area contributed by atoms with Crippen LogP contribution in [0.1, 0.15) is 0 Å². The Morgan fingerprint density at radius 3 is 1.49 bits per heavy atom. The summed E-state index contributed by atoms with van der Waals surface area (Å²) in [6, 6.07) is 67.6. The molecule has 250 valence electrons. The van der Waals surface area contributed by atoms with Crippen molar-refractivity contribution in [3.05, 3.63) is 194 Å². The van der Waals surface area contributed by atoms with Gasteiger partial charge in [0, 0.05) is 33.3 Å². The lowest BCUT2D eigenvalue weighted by Crippen LogP contribution is -2.11. The van der Waals surface area contributed by atoms with Gasteiger partial charge in [0.15, 0.2) is 11.2 Å². The van der Waals surface area contributed by atoms with Gasteiger partial charge in [-0.3, -0.25) is 0 Å². The van der Waals surface area contributed by atoms with Crippen LogP contribution in [0, 0.1) is 0 Å². The van der Waals surface area contributed by atoms with Crippen LogP contribution in [-0.2, 0) is 0 Å². The predicted octanol–water partition coefficient (Wildman–Crippen LogP) is 13.9. The highest BCUT2D eigenvalue weighted by Gasteiger charge is 2.24. The first-order valence-electron chi connectivity index (χ1n) is 17.8. The molecule has 2 aromatic heterocycles. The Morgan fingerprint density at radius 2 is 0.868 bits per heavy atom. The smallest absolute Gasteiger partial charge is 0.227 e. The molecule has 0 aliphatic heterocycles. The fraction of sp³-hybridized carbons (Fsp3) is 0. The number of nitrogens with zero attached hydrogens (tertiary/aromatic N) is 2. The molecule has 2 heterocycles. The van der Waals surface area contributed by atoms with E-state index in [4.69, 9.17) is 13.8 Å². The van der Waals surface area contributed by atoms with E-state index in [-0.39, 0.29) is 0 Å². The highest BCUT2D eigenvalue weighted by Crippen LogP contribution is 2.48. The number of aromatic nitrogens is 1. The highest BCUT2D eigenvalue weighted by molar-refractivity contribution is 6.13. The lowest BCUT2D eigenvalue weighted by molar-refractivity contribution is 0.620. The number of fused-ring (bicyclic) bond motifs is 4. The third-order valence-corrected chi connectivity index (χ3v) is 9.95. The molecule has 8 aromatic carbocycles. The number of para-hydroxylation sites is 3. The summed E-state index contributed by atoms with van der Waals surface area (Å²) in [7, 11) is 0. The molecule has 10 aromatic rings. The third-order valence-electron chi connectivity index (χ3n) is 9.95. The lowest BCUT2D eigenvalue weighted by atomic mass is 9.97. The fourth-order valence-electron chi connectivity index (χ4n) is 7.29. The van der Waals surface area contributed by atoms with Crippen LogP contribution in [-0.4, -0.2) is 4.98 Å². The number of hydrogen-bond donors (Lipinski definition) is 0. The second-order valence-electron chi connectivity index (χ2n) is 13.2. The Morgan fingerprint density at radius 1 is 0.358 bits per heavy atom. The van der Waals surface area contributed by atoms with Gasteiger partial charge in [0.2, 0.25) is 5.89 Å². The lowest BCUT2D eigenvalue weighted by Gasteiger charge is -2.28. The molecule has 53 heavy (non-hydrogen) atoms. The summed E-state index contributed by atoms with van der Waals surface area (Å²) < 4.78 is 12.9. The average Bonchev–Trinajstić information content (AvgIpc) is 3.85.